The zero-order chi connectivity index (χ0) is 28.5. The number of fused-ring (bicyclic) bond motifs is 4. The highest BCUT2D eigenvalue weighted by atomic mass is 19.1. The fourth-order valence-corrected chi connectivity index (χ4v) is 7.83. The van der Waals surface area contributed by atoms with E-state index >= 15 is 0 Å². The van der Waals surface area contributed by atoms with E-state index in [2.05, 4.69) is 17.9 Å². The summed E-state index contributed by atoms with van der Waals surface area (Å²) in [5.74, 6) is 0.400. The molecular weight excluding hydrogens is 525 g/mol. The molecule has 1 amide bonds. The van der Waals surface area contributed by atoms with Crippen molar-refractivity contribution in [2.24, 2.45) is 11.7 Å². The number of primary amides is 1. The lowest BCUT2D eigenvalue weighted by atomic mass is 9.69. The quantitative estimate of drug-likeness (QED) is 0.527. The molecule has 7 rings (SSSR count). The molecule has 216 valence electrons. The fourth-order valence-electron chi connectivity index (χ4n) is 7.83. The summed E-state index contributed by atoms with van der Waals surface area (Å²) < 4.78 is 27.4. The average Bonchev–Trinajstić information content (AvgIpc) is 3.44. The van der Waals surface area contributed by atoms with Gasteiger partial charge in [0.1, 0.15) is 30.3 Å². The lowest BCUT2D eigenvalue weighted by Crippen LogP contribution is -2.53. The van der Waals surface area contributed by atoms with Crippen LogP contribution in [0.2, 0.25) is 0 Å². The van der Waals surface area contributed by atoms with E-state index in [1.165, 1.54) is 0 Å². The van der Waals surface area contributed by atoms with Crippen LogP contribution >= 0.6 is 0 Å². The van der Waals surface area contributed by atoms with Gasteiger partial charge in [0.05, 0.1) is 29.3 Å². The van der Waals surface area contributed by atoms with Gasteiger partial charge in [-0.3, -0.25) is 9.69 Å². The van der Waals surface area contributed by atoms with Gasteiger partial charge in [-0.2, -0.15) is 15.2 Å². The van der Waals surface area contributed by atoms with Crippen LogP contribution in [-0.2, 0) is 28.2 Å². The van der Waals surface area contributed by atoms with Gasteiger partial charge < -0.3 is 25.8 Å². The number of benzene rings is 1. The van der Waals surface area contributed by atoms with Gasteiger partial charge in [0.15, 0.2) is 0 Å². The number of nitrogens with two attached hydrogens (primary N) is 2. The Balaban J connectivity index is 1.26. The van der Waals surface area contributed by atoms with E-state index in [0.29, 0.717) is 56.2 Å². The number of aromatic nitrogens is 2. The molecule has 1 spiro atoms. The molecule has 0 saturated carbocycles. The Bertz CT molecular complexity index is 1460. The summed E-state index contributed by atoms with van der Waals surface area (Å²) in [6.07, 6.45) is 3.62. The number of hydrogen-bond acceptors (Lipinski definition) is 9. The van der Waals surface area contributed by atoms with Crippen molar-refractivity contribution in [2.45, 2.75) is 75.3 Å². The molecule has 1 aromatic carbocycles. The minimum absolute atomic E-state index is 0.236. The highest BCUT2D eigenvalue weighted by Crippen LogP contribution is 2.51. The van der Waals surface area contributed by atoms with E-state index < -0.39 is 11.8 Å². The lowest BCUT2D eigenvalue weighted by Gasteiger charge is -2.46. The predicted octanol–water partition coefficient (Wildman–Crippen LogP) is 2.67. The number of amides is 1. The summed E-state index contributed by atoms with van der Waals surface area (Å²) in [6, 6.07) is 6.42. The average molecular weight is 562 g/mol. The Morgan fingerprint density at radius 3 is 2.90 bits per heavy atom. The van der Waals surface area contributed by atoms with E-state index in [9.17, 15) is 14.4 Å². The van der Waals surface area contributed by atoms with E-state index in [4.69, 9.17) is 30.9 Å². The second-order valence-electron chi connectivity index (χ2n) is 12.6. The largest absolute Gasteiger partial charge is 0.461 e. The number of halogens is 1. The van der Waals surface area contributed by atoms with Gasteiger partial charge in [0.2, 0.25) is 5.91 Å². The predicted molar refractivity (Wildman–Crippen MR) is 149 cm³/mol. The normalized spacial score (nSPS) is 30.8. The molecule has 4 unspecified atom stereocenters. The van der Waals surface area contributed by atoms with Crippen LogP contribution in [0.15, 0.2) is 12.1 Å². The Kier molecular flexibility index (Phi) is 6.14. The van der Waals surface area contributed by atoms with Gasteiger partial charge in [-0.15, -0.1) is 0 Å². The van der Waals surface area contributed by atoms with Gasteiger partial charge in [-0.05, 0) is 49.8 Å². The second-order valence-corrected chi connectivity index (χ2v) is 12.6. The van der Waals surface area contributed by atoms with E-state index in [-0.39, 0.29) is 35.9 Å². The SMILES string of the molecule is CC1CCC2(Cc3nc(OCC45CCCN4CC(F)C5)nc(N4CC(C(N)=O)C4)c3CO2)c2c1ccc(N)c2C#N. The summed E-state index contributed by atoms with van der Waals surface area (Å²) in [6.45, 7) is 5.03. The van der Waals surface area contributed by atoms with E-state index in [1.807, 2.05) is 17.0 Å². The maximum Gasteiger partial charge on any atom is 0.318 e. The third-order valence-corrected chi connectivity index (χ3v) is 10.2. The van der Waals surface area contributed by atoms with Gasteiger partial charge in [0.25, 0.3) is 0 Å². The number of nitrogen functional groups attached to an aromatic ring is 1. The number of alkyl halides is 1. The second kappa shape index (κ2) is 9.53. The smallest absolute Gasteiger partial charge is 0.318 e. The fraction of sp³-hybridized carbons (Fsp3) is 0.600. The van der Waals surface area contributed by atoms with Crippen LogP contribution in [-0.4, -0.2) is 65.3 Å². The molecule has 4 aliphatic heterocycles. The van der Waals surface area contributed by atoms with Crippen molar-refractivity contribution in [1.82, 2.24) is 14.9 Å². The zero-order valence-corrected chi connectivity index (χ0v) is 23.4. The summed E-state index contributed by atoms with van der Waals surface area (Å²) in [5.41, 5.74) is 15.3. The number of rotatable bonds is 5. The molecule has 5 heterocycles. The number of anilines is 2. The van der Waals surface area contributed by atoms with Crippen LogP contribution in [0.3, 0.4) is 0 Å². The van der Waals surface area contributed by atoms with Crippen molar-refractivity contribution in [3.8, 4) is 12.1 Å². The van der Waals surface area contributed by atoms with Crippen molar-refractivity contribution in [3.63, 3.8) is 0 Å². The molecule has 3 fully saturated rings. The zero-order valence-electron chi connectivity index (χ0n) is 23.4. The summed E-state index contributed by atoms with van der Waals surface area (Å²) in [7, 11) is 0. The third kappa shape index (κ3) is 4.14. The molecule has 5 aliphatic rings. The van der Waals surface area contributed by atoms with Gasteiger partial charge in [-0.25, -0.2) is 4.39 Å². The number of ether oxygens (including phenoxy) is 2. The summed E-state index contributed by atoms with van der Waals surface area (Å²) in [5, 5.41) is 10.1. The maximum atomic E-state index is 14.4. The number of hydrogen-bond donors (Lipinski definition) is 2. The van der Waals surface area contributed by atoms with Crippen LogP contribution in [0.5, 0.6) is 6.01 Å². The van der Waals surface area contributed by atoms with Crippen LogP contribution in [0, 0.1) is 17.2 Å². The lowest BCUT2D eigenvalue weighted by molar-refractivity contribution is -0.122. The molecule has 0 bridgehead atoms. The van der Waals surface area contributed by atoms with Crippen molar-refractivity contribution in [2.75, 3.05) is 43.4 Å². The molecule has 10 nitrogen and oxygen atoms in total. The van der Waals surface area contributed by atoms with Crippen molar-refractivity contribution in [1.29, 1.82) is 5.26 Å². The molecule has 1 aromatic heterocycles. The van der Waals surface area contributed by atoms with Crippen LogP contribution in [0.4, 0.5) is 15.9 Å². The molecule has 4 atom stereocenters. The first-order valence-electron chi connectivity index (χ1n) is 14.6. The molecule has 4 N–H and O–H groups in total. The van der Waals surface area contributed by atoms with Crippen molar-refractivity contribution >= 4 is 17.4 Å². The Hall–Kier alpha value is -3.49. The minimum atomic E-state index is -0.849. The minimum Gasteiger partial charge on any atom is -0.461 e. The van der Waals surface area contributed by atoms with Crippen molar-refractivity contribution in [3.05, 3.63) is 40.1 Å². The number of carbonyl (C=O) groups is 1. The van der Waals surface area contributed by atoms with Gasteiger partial charge in [-0.1, -0.05) is 13.0 Å². The van der Waals surface area contributed by atoms with Crippen LogP contribution < -0.4 is 21.1 Å². The van der Waals surface area contributed by atoms with Crippen LogP contribution in [0.25, 0.3) is 0 Å². The Morgan fingerprint density at radius 1 is 1.29 bits per heavy atom. The first-order valence-corrected chi connectivity index (χ1v) is 14.6. The Morgan fingerprint density at radius 2 is 2.12 bits per heavy atom. The molecule has 3 saturated heterocycles. The number of nitrogens with zero attached hydrogens (tertiary/aromatic N) is 5. The van der Waals surface area contributed by atoms with E-state index in [0.717, 1.165) is 54.6 Å². The first-order chi connectivity index (χ1) is 19.7. The van der Waals surface area contributed by atoms with Crippen LogP contribution in [0.1, 0.15) is 72.9 Å². The summed E-state index contributed by atoms with van der Waals surface area (Å²) in [4.78, 5) is 25.7. The third-order valence-electron chi connectivity index (χ3n) is 10.2. The first kappa shape index (κ1) is 26.4. The molecular formula is C30H36FN7O3. The summed E-state index contributed by atoms with van der Waals surface area (Å²) >= 11 is 0. The van der Waals surface area contributed by atoms with E-state index in [1.54, 1.807) is 0 Å². The molecule has 2 aromatic rings. The Labute approximate surface area is 238 Å². The molecule has 41 heavy (non-hydrogen) atoms. The molecule has 1 aliphatic carbocycles. The topological polar surface area (TPSA) is 144 Å². The molecule has 11 heteroatoms. The van der Waals surface area contributed by atoms with Crippen molar-refractivity contribution < 1.29 is 18.7 Å². The maximum absolute atomic E-state index is 14.4. The highest BCUT2D eigenvalue weighted by Gasteiger charge is 2.50. The monoisotopic (exact) mass is 561 g/mol. The van der Waals surface area contributed by atoms with Gasteiger partial charge in [0, 0.05) is 49.3 Å². The van der Waals surface area contributed by atoms with Gasteiger partial charge >= 0.3 is 6.01 Å². The standard InChI is InChI=1S/C30H36FN7O3/c1-17-5-7-30(25-20(17)3-4-23(33)21(25)11-32)10-24-22(15-41-30)27(37-12-18(13-37)26(34)39)36-28(35-24)40-16-29-6-2-8-38(29)14-19(31)9-29/h3-4,17-19H,2,5-10,12-16,33H2,1H3,(H2,34,39). The molecule has 0 radical (unpaired) electrons. The highest BCUT2D eigenvalue weighted by molar-refractivity contribution is 5.80. The number of nitriles is 1. The number of carbonyl (C=O) groups excluding carboxylic acids is 1.